The van der Waals surface area contributed by atoms with Crippen molar-refractivity contribution in [2.24, 2.45) is 0 Å². The number of hydrogen-bond donors (Lipinski definition) is 0. The van der Waals surface area contributed by atoms with E-state index in [4.69, 9.17) is 14.5 Å². The van der Waals surface area contributed by atoms with Gasteiger partial charge in [0.2, 0.25) is 6.79 Å². The Morgan fingerprint density at radius 1 is 0.906 bits per heavy atom. The highest BCUT2D eigenvalue weighted by Crippen LogP contribution is 2.34. The first-order valence-electron chi connectivity index (χ1n) is 10.2. The van der Waals surface area contributed by atoms with Crippen LogP contribution in [0.1, 0.15) is 10.6 Å². The monoisotopic (exact) mass is 458 g/mol. The van der Waals surface area contributed by atoms with Gasteiger partial charge in [0.25, 0.3) is 0 Å². The molecule has 0 amide bonds. The van der Waals surface area contributed by atoms with Gasteiger partial charge in [-0.15, -0.1) is 21.5 Å². The maximum atomic E-state index is 5.56. The van der Waals surface area contributed by atoms with Gasteiger partial charge in [0.1, 0.15) is 5.01 Å². The van der Waals surface area contributed by atoms with Crippen molar-refractivity contribution in [2.75, 3.05) is 6.79 Å². The molecule has 0 spiro atoms. The van der Waals surface area contributed by atoms with Crippen LogP contribution in [0.15, 0.2) is 78.0 Å². The third kappa shape index (κ3) is 3.72. The number of ether oxygens (including phenoxy) is 2. The van der Waals surface area contributed by atoms with Gasteiger partial charge in [0.15, 0.2) is 22.5 Å². The van der Waals surface area contributed by atoms with Crippen LogP contribution in [0.3, 0.4) is 0 Å². The van der Waals surface area contributed by atoms with Gasteiger partial charge < -0.3 is 9.47 Å². The number of fused-ring (bicyclic) bond motifs is 2. The predicted molar refractivity (Wildman–Crippen MR) is 126 cm³/mol. The van der Waals surface area contributed by atoms with Gasteiger partial charge in [0.05, 0.1) is 22.5 Å². The highest BCUT2D eigenvalue weighted by atomic mass is 32.2. The molecule has 6 nitrogen and oxygen atoms in total. The summed E-state index contributed by atoms with van der Waals surface area (Å²) in [5, 5.41) is 11.0. The van der Waals surface area contributed by atoms with Gasteiger partial charge >= 0.3 is 0 Å². The summed E-state index contributed by atoms with van der Waals surface area (Å²) in [6.07, 6.45) is 0. The number of thiazole rings is 1. The van der Waals surface area contributed by atoms with Crippen LogP contribution >= 0.6 is 23.1 Å². The Bertz CT molecular complexity index is 1360. The molecule has 0 saturated carbocycles. The standard InChI is InChI=1S/C24H18N4O2S2/c1-2-6-17(7-3-1)23-26-27-24(31-14-22-25-18-8-4-5-9-21(18)32-22)28(23)13-16-10-11-19-20(12-16)30-15-29-19/h1-12H,13-15H2. The van der Waals surface area contributed by atoms with Crippen molar-refractivity contribution in [3.05, 3.63) is 83.4 Å². The van der Waals surface area contributed by atoms with Gasteiger partial charge in [-0.05, 0) is 29.8 Å². The lowest BCUT2D eigenvalue weighted by molar-refractivity contribution is 0.174. The van der Waals surface area contributed by atoms with Crippen LogP contribution in [0.2, 0.25) is 0 Å². The zero-order valence-electron chi connectivity index (χ0n) is 17.0. The Kier molecular flexibility index (Phi) is 5.01. The zero-order chi connectivity index (χ0) is 21.3. The van der Waals surface area contributed by atoms with Crippen LogP contribution in [0.25, 0.3) is 21.6 Å². The lowest BCUT2D eigenvalue weighted by Crippen LogP contribution is -2.04. The van der Waals surface area contributed by atoms with Gasteiger partial charge in [-0.2, -0.15) is 0 Å². The molecule has 2 aromatic heterocycles. The Morgan fingerprint density at radius 3 is 2.66 bits per heavy atom. The van der Waals surface area contributed by atoms with Crippen LogP contribution < -0.4 is 9.47 Å². The van der Waals surface area contributed by atoms with E-state index >= 15 is 0 Å². The summed E-state index contributed by atoms with van der Waals surface area (Å²) in [5.74, 6) is 3.15. The van der Waals surface area contributed by atoms with E-state index in [-0.39, 0.29) is 6.79 Å². The number of para-hydroxylation sites is 1. The normalized spacial score (nSPS) is 12.5. The summed E-state index contributed by atoms with van der Waals surface area (Å²) in [4.78, 5) is 4.76. The van der Waals surface area contributed by atoms with E-state index in [1.165, 1.54) is 4.70 Å². The number of aromatic nitrogens is 4. The Balaban J connectivity index is 1.32. The number of nitrogens with zero attached hydrogens (tertiary/aromatic N) is 4. The van der Waals surface area contributed by atoms with Crippen molar-refractivity contribution in [3.8, 4) is 22.9 Å². The van der Waals surface area contributed by atoms with E-state index in [0.29, 0.717) is 6.54 Å². The Morgan fingerprint density at radius 2 is 1.75 bits per heavy atom. The van der Waals surface area contributed by atoms with Gasteiger partial charge in [-0.3, -0.25) is 4.57 Å². The lowest BCUT2D eigenvalue weighted by Gasteiger charge is -2.11. The molecule has 8 heteroatoms. The molecule has 3 heterocycles. The fourth-order valence-electron chi connectivity index (χ4n) is 3.67. The van der Waals surface area contributed by atoms with Crippen molar-refractivity contribution < 1.29 is 9.47 Å². The molecule has 6 rings (SSSR count). The zero-order valence-corrected chi connectivity index (χ0v) is 18.6. The average molecular weight is 459 g/mol. The van der Waals surface area contributed by atoms with Gasteiger partial charge in [0, 0.05) is 5.56 Å². The van der Waals surface area contributed by atoms with Crippen LogP contribution in [-0.2, 0) is 12.3 Å². The molecule has 1 aliphatic rings. The maximum absolute atomic E-state index is 5.56. The molecule has 0 bridgehead atoms. The summed E-state index contributed by atoms with van der Waals surface area (Å²) < 4.78 is 14.4. The minimum atomic E-state index is 0.268. The average Bonchev–Trinajstić information content (AvgIpc) is 3.56. The van der Waals surface area contributed by atoms with E-state index < -0.39 is 0 Å². The molecule has 0 unspecified atom stereocenters. The van der Waals surface area contributed by atoms with E-state index in [1.54, 1.807) is 23.1 Å². The van der Waals surface area contributed by atoms with Crippen LogP contribution in [0, 0.1) is 0 Å². The second kappa shape index (κ2) is 8.29. The fourth-order valence-corrected chi connectivity index (χ4v) is 5.57. The minimum Gasteiger partial charge on any atom is -0.454 e. The Labute approximate surface area is 192 Å². The van der Waals surface area contributed by atoms with E-state index in [1.807, 2.05) is 42.5 Å². The van der Waals surface area contributed by atoms with Crippen molar-refractivity contribution in [2.45, 2.75) is 17.5 Å². The van der Waals surface area contributed by atoms with Crippen LogP contribution in [-0.4, -0.2) is 26.5 Å². The van der Waals surface area contributed by atoms with Crippen molar-refractivity contribution in [1.82, 2.24) is 19.7 Å². The molecule has 0 N–H and O–H groups in total. The molecule has 158 valence electrons. The first kappa shape index (κ1) is 19.3. The molecule has 5 aromatic rings. The molecule has 1 aliphatic heterocycles. The summed E-state index contributed by atoms with van der Waals surface area (Å²) in [6, 6.07) is 24.4. The molecule has 32 heavy (non-hydrogen) atoms. The largest absolute Gasteiger partial charge is 0.454 e. The highest BCUT2D eigenvalue weighted by Gasteiger charge is 2.18. The topological polar surface area (TPSA) is 62.1 Å². The molecule has 0 atom stereocenters. The minimum absolute atomic E-state index is 0.268. The molecular weight excluding hydrogens is 440 g/mol. The summed E-state index contributed by atoms with van der Waals surface area (Å²) >= 11 is 3.38. The van der Waals surface area contributed by atoms with Crippen molar-refractivity contribution in [1.29, 1.82) is 0 Å². The lowest BCUT2D eigenvalue weighted by atomic mass is 10.2. The van der Waals surface area contributed by atoms with E-state index in [2.05, 4.69) is 45.1 Å². The third-order valence-corrected chi connectivity index (χ3v) is 7.39. The summed E-state index contributed by atoms with van der Waals surface area (Å²) in [5.41, 5.74) is 3.18. The van der Waals surface area contributed by atoms with E-state index in [0.717, 1.165) is 49.9 Å². The first-order chi connectivity index (χ1) is 15.8. The van der Waals surface area contributed by atoms with Crippen LogP contribution in [0.4, 0.5) is 0 Å². The highest BCUT2D eigenvalue weighted by molar-refractivity contribution is 7.98. The third-order valence-electron chi connectivity index (χ3n) is 5.19. The smallest absolute Gasteiger partial charge is 0.231 e. The quantitative estimate of drug-likeness (QED) is 0.308. The van der Waals surface area contributed by atoms with Crippen LogP contribution in [0.5, 0.6) is 11.5 Å². The second-order valence-corrected chi connectivity index (χ2v) is 9.37. The van der Waals surface area contributed by atoms with E-state index in [9.17, 15) is 0 Å². The molecule has 0 radical (unpaired) electrons. The SMILES string of the molecule is c1ccc(-c2nnc(SCc3nc4ccccc4s3)n2Cc2ccc3c(c2)OCO3)cc1. The molecule has 0 saturated heterocycles. The first-order valence-corrected chi connectivity index (χ1v) is 12.0. The van der Waals surface area contributed by atoms with Gasteiger partial charge in [-0.1, -0.05) is 60.3 Å². The molecule has 3 aromatic carbocycles. The van der Waals surface area contributed by atoms with Crippen molar-refractivity contribution >= 4 is 33.3 Å². The summed E-state index contributed by atoms with van der Waals surface area (Å²) in [7, 11) is 0. The van der Waals surface area contributed by atoms with Gasteiger partial charge in [-0.25, -0.2) is 4.98 Å². The number of rotatable bonds is 6. The molecule has 0 aliphatic carbocycles. The Hall–Kier alpha value is -3.36. The van der Waals surface area contributed by atoms with Crippen molar-refractivity contribution in [3.63, 3.8) is 0 Å². The maximum Gasteiger partial charge on any atom is 0.231 e. The predicted octanol–water partition coefficient (Wildman–Crippen LogP) is 5.62. The fraction of sp³-hybridized carbons (Fsp3) is 0.125. The number of benzene rings is 3. The summed E-state index contributed by atoms with van der Waals surface area (Å²) in [6.45, 7) is 0.903. The number of hydrogen-bond acceptors (Lipinski definition) is 7. The molecule has 0 fully saturated rings. The second-order valence-electron chi connectivity index (χ2n) is 7.31. The molecular formula is C24H18N4O2S2. The number of thioether (sulfide) groups is 1.